The van der Waals surface area contributed by atoms with Gasteiger partial charge in [0.2, 0.25) is 5.95 Å². The summed E-state index contributed by atoms with van der Waals surface area (Å²) in [4.78, 5) is 23.7. The van der Waals surface area contributed by atoms with Crippen molar-refractivity contribution in [1.82, 2.24) is 19.5 Å². The van der Waals surface area contributed by atoms with Gasteiger partial charge in [-0.15, -0.1) is 0 Å². The first-order valence-corrected chi connectivity index (χ1v) is 19.4. The second-order valence-electron chi connectivity index (χ2n) is 12.2. The number of nitrogen functional groups attached to an aromatic ring is 1. The van der Waals surface area contributed by atoms with E-state index < -0.39 is 60.4 Å². The number of ether oxygens (including phenoxy) is 3. The first-order valence-electron chi connectivity index (χ1n) is 15.7. The van der Waals surface area contributed by atoms with E-state index in [4.69, 9.17) is 62.8 Å². The fourth-order valence-corrected chi connectivity index (χ4v) is 11.5. The number of hydrogen-bond acceptors (Lipinski definition) is 15. The van der Waals surface area contributed by atoms with Gasteiger partial charge in [0, 0.05) is 36.6 Å². The van der Waals surface area contributed by atoms with Crippen molar-refractivity contribution >= 4 is 52.7 Å². The van der Waals surface area contributed by atoms with E-state index in [0.29, 0.717) is 5.75 Å². The van der Waals surface area contributed by atoms with E-state index >= 15 is 0 Å². The van der Waals surface area contributed by atoms with Gasteiger partial charge in [0.25, 0.3) is 5.56 Å². The number of anilines is 1. The molecule has 1 aromatic carbocycles. The first kappa shape index (κ1) is 36.5. The fraction of sp³-hybridized carbons (Fsp3) is 0.586. The molecule has 264 valence electrons. The summed E-state index contributed by atoms with van der Waals surface area (Å²) in [6.45, 7) is 14.6. The Morgan fingerprint density at radius 1 is 0.979 bits per heavy atom. The van der Waals surface area contributed by atoms with Gasteiger partial charge in [0.15, 0.2) is 23.5 Å². The zero-order chi connectivity index (χ0) is 34.8. The van der Waals surface area contributed by atoms with Crippen LogP contribution in [0.4, 0.5) is 5.95 Å². The number of aromatic nitrogens is 4. The second-order valence-corrected chi connectivity index (χ2v) is 16.9. The van der Waals surface area contributed by atoms with Crippen molar-refractivity contribution < 1.29 is 44.9 Å². The molecule has 48 heavy (non-hydrogen) atoms. The van der Waals surface area contributed by atoms with Crippen LogP contribution in [0.3, 0.4) is 0 Å². The van der Waals surface area contributed by atoms with Gasteiger partial charge in [-0.3, -0.25) is 14.3 Å². The average Bonchev–Trinajstić information content (AvgIpc) is 3.51. The average molecular weight is 727 g/mol. The third kappa shape index (κ3) is 8.48. The largest absolute Gasteiger partial charge is 0.674 e. The molecule has 2 saturated heterocycles. The van der Waals surface area contributed by atoms with E-state index in [1.165, 1.54) is 10.9 Å². The molecule has 0 aliphatic carbocycles. The van der Waals surface area contributed by atoms with Crippen LogP contribution in [0, 0.1) is 0 Å². The molecule has 2 aromatic heterocycles. The number of fused-ring (bicyclic) bond motifs is 2. The Labute approximate surface area is 286 Å². The lowest BCUT2D eigenvalue weighted by Crippen LogP contribution is -2.68. The van der Waals surface area contributed by atoms with E-state index in [2.05, 4.69) is 15.0 Å². The van der Waals surface area contributed by atoms with Crippen LogP contribution in [0.15, 0.2) is 41.5 Å². The van der Waals surface area contributed by atoms with Gasteiger partial charge in [-0.25, -0.2) is 4.98 Å². The van der Waals surface area contributed by atoms with E-state index in [9.17, 15) is 4.79 Å². The summed E-state index contributed by atoms with van der Waals surface area (Å²) in [6, 6.07) is 8.91. The summed E-state index contributed by atoms with van der Waals surface area (Å²) in [5, 5.41) is -0.223. The van der Waals surface area contributed by atoms with Crippen LogP contribution in [-0.2, 0) is 40.1 Å². The molecule has 4 heterocycles. The minimum atomic E-state index is -4.27. The molecule has 0 amide bonds. The van der Waals surface area contributed by atoms with Crippen molar-refractivity contribution in [2.24, 2.45) is 0 Å². The van der Waals surface area contributed by atoms with Gasteiger partial charge in [0.05, 0.1) is 12.9 Å². The third-order valence-corrected chi connectivity index (χ3v) is 13.0. The molecule has 0 unspecified atom stereocenters. The van der Waals surface area contributed by atoms with Crippen LogP contribution in [0.25, 0.3) is 11.2 Å². The standard InChI is InChI=1S/C29H43N5O11SSi2/c1-16(2)40-47(41-17(3)4)36-14-21-23(44-48(45-47,42-18(5)6)43-19(7)8)24(39-29(46)37-20-12-10-9-11-13-20)27(38-21)34-15-31-22-25(34)32-28(30)33-26(22)35/h9-13,15-19,21,23-24,27H,14H2,1-8H3,(H3,30,32,33,35)/t21-,23-,24-,27-/m1/s1/i30+1. The predicted octanol–water partition coefficient (Wildman–Crippen LogP) is 3.35. The molecule has 16 nitrogen and oxygen atoms in total. The first-order chi connectivity index (χ1) is 22.7. The van der Waals surface area contributed by atoms with Crippen molar-refractivity contribution in [1.29, 1.82) is 0 Å². The quantitative estimate of drug-likeness (QED) is 0.167. The number of benzene rings is 1. The highest BCUT2D eigenvalue weighted by Gasteiger charge is 2.67. The summed E-state index contributed by atoms with van der Waals surface area (Å²) in [5.74, 6) is 0.345. The Morgan fingerprint density at radius 2 is 1.58 bits per heavy atom. The van der Waals surface area contributed by atoms with Gasteiger partial charge < -0.3 is 50.6 Å². The zero-order valence-electron chi connectivity index (χ0n) is 28.1. The van der Waals surface area contributed by atoms with E-state index in [-0.39, 0.29) is 41.2 Å². The molecule has 0 saturated carbocycles. The van der Waals surface area contributed by atoms with Gasteiger partial charge in [-0.2, -0.15) is 4.98 Å². The molecular weight excluding hydrogens is 684 g/mol. The van der Waals surface area contributed by atoms with E-state index in [0.717, 1.165) is 0 Å². The third-order valence-electron chi connectivity index (χ3n) is 6.66. The molecule has 19 heteroatoms. The van der Waals surface area contributed by atoms with Crippen molar-refractivity contribution in [3.8, 4) is 5.75 Å². The maximum absolute atomic E-state index is 12.7. The van der Waals surface area contributed by atoms with Crippen LogP contribution in [0.2, 0.25) is 0 Å². The highest BCUT2D eigenvalue weighted by molar-refractivity contribution is 7.79. The number of para-hydroxylation sites is 1. The van der Waals surface area contributed by atoms with Crippen molar-refractivity contribution in [2.75, 3.05) is 12.3 Å². The lowest BCUT2D eigenvalue weighted by molar-refractivity contribution is -0.147. The molecule has 4 atom stereocenters. The van der Waals surface area contributed by atoms with Crippen molar-refractivity contribution in [3.05, 3.63) is 47.0 Å². The van der Waals surface area contributed by atoms with Crippen LogP contribution in [-0.4, -0.2) is 92.2 Å². The topological polar surface area (TPSA) is 182 Å². The van der Waals surface area contributed by atoms with Crippen LogP contribution in [0.1, 0.15) is 61.6 Å². The van der Waals surface area contributed by atoms with Crippen molar-refractivity contribution in [2.45, 2.75) is 104 Å². The number of aromatic amines is 1. The number of nitrogens with one attached hydrogen (secondary N) is 1. The molecule has 5 rings (SSSR count). The highest BCUT2D eigenvalue weighted by atomic mass is 32.1. The number of nitrogens with two attached hydrogens (primary N) is 1. The van der Waals surface area contributed by atoms with E-state index in [1.807, 2.05) is 61.5 Å². The zero-order valence-corrected chi connectivity index (χ0v) is 30.9. The Bertz CT molecular complexity index is 1590. The summed E-state index contributed by atoms with van der Waals surface area (Å²) < 4.78 is 65.7. The number of rotatable bonds is 11. The Kier molecular flexibility index (Phi) is 11.4. The molecule has 2 fully saturated rings. The van der Waals surface area contributed by atoms with Gasteiger partial charge in [0.1, 0.15) is 18.0 Å². The fourth-order valence-electron chi connectivity index (χ4n) is 5.17. The smallest absolute Gasteiger partial charge is 0.446 e. The van der Waals surface area contributed by atoms with Crippen LogP contribution >= 0.6 is 12.2 Å². The Balaban J connectivity index is 1.62. The van der Waals surface area contributed by atoms with Crippen LogP contribution in [0.5, 0.6) is 5.75 Å². The lowest BCUT2D eigenvalue weighted by Gasteiger charge is -2.42. The molecular formula is C29H43N5O11SSi2. The molecule has 3 N–H and O–H groups in total. The van der Waals surface area contributed by atoms with Crippen molar-refractivity contribution in [3.63, 3.8) is 0 Å². The normalized spacial score (nSPS) is 23.8. The lowest BCUT2D eigenvalue weighted by atomic mass is 10.1. The molecule has 0 radical (unpaired) electrons. The second kappa shape index (κ2) is 15.0. The molecule has 2 aliphatic heterocycles. The highest BCUT2D eigenvalue weighted by Crippen LogP contribution is 2.41. The van der Waals surface area contributed by atoms with Gasteiger partial charge >= 0.3 is 23.3 Å². The summed E-state index contributed by atoms with van der Waals surface area (Å²) in [7, 11) is -8.32. The SMILES string of the molecule is CC(C)O[Si]1(OC(C)C)OC[C@H]2O[C@@H](n3cnc4c(=O)[nH]c([15NH2])nc43)[C@H](OC(=S)Oc3ccccc3)[C@@H]2O[Si](OC(C)C)(OC(C)C)O1. The predicted molar refractivity (Wildman–Crippen MR) is 179 cm³/mol. The summed E-state index contributed by atoms with van der Waals surface area (Å²) in [6.07, 6.45) is -4.14. The minimum absolute atomic E-state index is 0.0385. The number of hydrogen-bond donors (Lipinski definition) is 2. The summed E-state index contributed by atoms with van der Waals surface area (Å²) in [5.41, 5.74) is 5.57. The maximum Gasteiger partial charge on any atom is 0.674 e. The number of imidazole rings is 1. The molecule has 0 bridgehead atoms. The number of nitrogens with zero attached hydrogens (tertiary/aromatic N) is 3. The maximum atomic E-state index is 12.7. The molecule has 0 spiro atoms. The van der Waals surface area contributed by atoms with Gasteiger partial charge in [-0.05, 0) is 67.5 Å². The summed E-state index contributed by atoms with van der Waals surface area (Å²) >= 11 is 5.56. The van der Waals surface area contributed by atoms with Gasteiger partial charge in [-0.1, -0.05) is 18.2 Å². The number of H-pyrrole nitrogens is 1. The molecule has 2 aliphatic rings. The molecule has 3 aromatic rings. The Hall–Kier alpha value is -2.83. The van der Waals surface area contributed by atoms with E-state index in [1.54, 1.807) is 24.3 Å². The Morgan fingerprint density at radius 3 is 2.19 bits per heavy atom. The van der Waals surface area contributed by atoms with Crippen LogP contribution < -0.4 is 16.0 Å². The number of thiocarbonyl (C=S) groups is 1. The minimum Gasteiger partial charge on any atom is -0.446 e. The monoisotopic (exact) mass is 726 g/mol.